The van der Waals surface area contributed by atoms with E-state index in [0.29, 0.717) is 9.13 Å². The highest BCUT2D eigenvalue weighted by Gasteiger charge is 2.12. The maximum Gasteiger partial charge on any atom is 0.281 e. The van der Waals surface area contributed by atoms with E-state index in [1.165, 1.54) is 6.07 Å². The van der Waals surface area contributed by atoms with Gasteiger partial charge in [-0.1, -0.05) is 0 Å². The van der Waals surface area contributed by atoms with Crippen LogP contribution in [0.1, 0.15) is 17.7 Å². The molecule has 0 fully saturated rings. The molecule has 1 rings (SSSR count). The van der Waals surface area contributed by atoms with Gasteiger partial charge in [0.05, 0.1) is 5.56 Å². The Kier molecular flexibility index (Phi) is 2.92. The zero-order valence-corrected chi connectivity index (χ0v) is 7.92. The zero-order valence-electron chi connectivity index (χ0n) is 5.76. The summed E-state index contributed by atoms with van der Waals surface area (Å²) in [5, 5.41) is 8.41. The van der Waals surface area contributed by atoms with Gasteiger partial charge in [0.1, 0.15) is 11.8 Å². The van der Waals surface area contributed by atoms with E-state index in [4.69, 9.17) is 5.26 Å². The third-order valence-electron chi connectivity index (χ3n) is 1.21. The maximum absolute atomic E-state index is 12.1. The van der Waals surface area contributed by atoms with Gasteiger partial charge in [0.2, 0.25) is 0 Å². The minimum absolute atomic E-state index is 0.269. The van der Waals surface area contributed by atoms with Crippen molar-refractivity contribution in [3.05, 3.63) is 27.1 Å². The molecule has 0 aliphatic carbocycles. The molecule has 0 atom stereocenters. The van der Waals surface area contributed by atoms with Crippen LogP contribution in [0, 0.1) is 14.9 Å². The van der Waals surface area contributed by atoms with E-state index in [0.717, 1.165) is 6.20 Å². The molecule has 0 N–H and O–H groups in total. The van der Waals surface area contributed by atoms with Crippen molar-refractivity contribution in [1.29, 1.82) is 5.26 Å². The first-order valence-electron chi connectivity index (χ1n) is 2.99. The lowest BCUT2D eigenvalue weighted by molar-refractivity contribution is 0.145. The Labute approximate surface area is 81.4 Å². The third-order valence-corrected chi connectivity index (χ3v) is 2.07. The van der Waals surface area contributed by atoms with Crippen LogP contribution < -0.4 is 0 Å². The van der Waals surface area contributed by atoms with E-state index < -0.39 is 6.43 Å². The molecule has 0 aromatic carbocycles. The van der Waals surface area contributed by atoms with Crippen molar-refractivity contribution in [2.45, 2.75) is 6.43 Å². The van der Waals surface area contributed by atoms with E-state index in [2.05, 4.69) is 4.98 Å². The molecule has 12 heavy (non-hydrogen) atoms. The molecule has 0 bridgehead atoms. The molecule has 1 aromatic heterocycles. The number of pyridine rings is 1. The lowest BCUT2D eigenvalue weighted by Crippen LogP contribution is -1.94. The molecule has 0 aliphatic rings. The van der Waals surface area contributed by atoms with Gasteiger partial charge in [-0.05, 0) is 28.7 Å². The Morgan fingerprint density at radius 1 is 1.58 bits per heavy atom. The van der Waals surface area contributed by atoms with Gasteiger partial charge in [0, 0.05) is 9.77 Å². The maximum atomic E-state index is 12.1. The quantitative estimate of drug-likeness (QED) is 0.741. The average molecular weight is 280 g/mol. The molecule has 62 valence electrons. The summed E-state index contributed by atoms with van der Waals surface area (Å²) in [6.45, 7) is 0. The first kappa shape index (κ1) is 9.32. The molecule has 0 spiro atoms. The Balaban J connectivity index is 3.14. The van der Waals surface area contributed by atoms with Crippen molar-refractivity contribution < 1.29 is 8.78 Å². The van der Waals surface area contributed by atoms with Crippen LogP contribution in [0.4, 0.5) is 8.78 Å². The molecule has 0 unspecified atom stereocenters. The minimum Gasteiger partial charge on any atom is -0.253 e. The van der Waals surface area contributed by atoms with Gasteiger partial charge >= 0.3 is 0 Å². The first-order chi connectivity index (χ1) is 5.65. The van der Waals surface area contributed by atoms with E-state index in [9.17, 15) is 8.78 Å². The summed E-state index contributed by atoms with van der Waals surface area (Å²) in [6.07, 6.45) is -1.44. The van der Waals surface area contributed by atoms with Crippen LogP contribution in [0.2, 0.25) is 0 Å². The fourth-order valence-electron chi connectivity index (χ4n) is 0.670. The SMILES string of the molecule is N#Cc1cnc(C(F)F)c(I)c1. The number of hydrogen-bond donors (Lipinski definition) is 0. The summed E-state index contributed by atoms with van der Waals surface area (Å²) in [4.78, 5) is 3.47. The summed E-state index contributed by atoms with van der Waals surface area (Å²) < 4.78 is 24.5. The average Bonchev–Trinajstić information content (AvgIpc) is 2.03. The molecular weight excluding hydrogens is 277 g/mol. The van der Waals surface area contributed by atoms with Crippen LogP contribution in [-0.2, 0) is 0 Å². The summed E-state index contributed by atoms with van der Waals surface area (Å²) >= 11 is 1.73. The summed E-state index contributed by atoms with van der Waals surface area (Å²) in [5.41, 5.74) is 0.0263. The van der Waals surface area contributed by atoms with Crippen molar-refractivity contribution in [3.63, 3.8) is 0 Å². The van der Waals surface area contributed by atoms with Crippen molar-refractivity contribution in [1.82, 2.24) is 4.98 Å². The molecule has 2 nitrogen and oxygen atoms in total. The van der Waals surface area contributed by atoms with Crippen LogP contribution in [0.25, 0.3) is 0 Å². The molecule has 5 heteroatoms. The predicted molar refractivity (Wildman–Crippen MR) is 46.6 cm³/mol. The molecule has 0 saturated carbocycles. The molecule has 0 saturated heterocycles. The molecule has 1 aromatic rings. The van der Waals surface area contributed by atoms with Crippen molar-refractivity contribution in [2.75, 3.05) is 0 Å². The van der Waals surface area contributed by atoms with Crippen LogP contribution in [0.15, 0.2) is 12.3 Å². The van der Waals surface area contributed by atoms with Crippen molar-refractivity contribution >= 4 is 22.6 Å². The van der Waals surface area contributed by atoms with Crippen LogP contribution in [0.3, 0.4) is 0 Å². The fraction of sp³-hybridized carbons (Fsp3) is 0.143. The van der Waals surface area contributed by atoms with E-state index in [1.54, 1.807) is 22.6 Å². The van der Waals surface area contributed by atoms with E-state index >= 15 is 0 Å². The summed E-state index contributed by atoms with van der Waals surface area (Å²) in [5.74, 6) is 0. The zero-order chi connectivity index (χ0) is 9.14. The van der Waals surface area contributed by atoms with Gasteiger partial charge < -0.3 is 0 Å². The van der Waals surface area contributed by atoms with Crippen molar-refractivity contribution in [2.24, 2.45) is 0 Å². The van der Waals surface area contributed by atoms with Crippen LogP contribution >= 0.6 is 22.6 Å². The number of hydrogen-bond acceptors (Lipinski definition) is 2. The lowest BCUT2D eigenvalue weighted by atomic mass is 10.3. The Hall–Kier alpha value is -0.770. The number of halogens is 3. The molecular formula is C7H3F2IN2. The number of aromatic nitrogens is 1. The second-order valence-electron chi connectivity index (χ2n) is 2.00. The second kappa shape index (κ2) is 3.76. The third kappa shape index (κ3) is 1.88. The van der Waals surface area contributed by atoms with E-state index in [1.807, 2.05) is 6.07 Å². The van der Waals surface area contributed by atoms with Crippen LogP contribution in [-0.4, -0.2) is 4.98 Å². The van der Waals surface area contributed by atoms with Gasteiger partial charge in [-0.3, -0.25) is 4.98 Å². The number of alkyl halides is 2. The predicted octanol–water partition coefficient (Wildman–Crippen LogP) is 2.50. The smallest absolute Gasteiger partial charge is 0.253 e. The topological polar surface area (TPSA) is 36.7 Å². The fourth-order valence-corrected chi connectivity index (χ4v) is 1.38. The Morgan fingerprint density at radius 2 is 2.25 bits per heavy atom. The highest BCUT2D eigenvalue weighted by molar-refractivity contribution is 14.1. The normalized spacial score (nSPS) is 9.92. The molecule has 1 heterocycles. The summed E-state index contributed by atoms with van der Waals surface area (Å²) in [7, 11) is 0. The Morgan fingerprint density at radius 3 is 2.67 bits per heavy atom. The van der Waals surface area contributed by atoms with Gasteiger partial charge in [-0.2, -0.15) is 5.26 Å². The Bertz CT molecular complexity index is 333. The van der Waals surface area contributed by atoms with Gasteiger partial charge in [-0.25, -0.2) is 8.78 Å². The molecule has 0 aliphatic heterocycles. The highest BCUT2D eigenvalue weighted by Crippen LogP contribution is 2.22. The number of nitrogens with zero attached hydrogens (tertiary/aromatic N) is 2. The monoisotopic (exact) mass is 280 g/mol. The lowest BCUT2D eigenvalue weighted by Gasteiger charge is -2.00. The minimum atomic E-state index is -2.58. The second-order valence-corrected chi connectivity index (χ2v) is 3.17. The van der Waals surface area contributed by atoms with Crippen molar-refractivity contribution in [3.8, 4) is 6.07 Å². The standard InChI is InChI=1S/C7H3F2IN2/c8-7(9)6-5(10)1-4(2-11)3-12-6/h1,3,7H. The van der Waals surface area contributed by atoms with Crippen LogP contribution in [0.5, 0.6) is 0 Å². The highest BCUT2D eigenvalue weighted by atomic mass is 127. The van der Waals surface area contributed by atoms with Gasteiger partial charge in [0.25, 0.3) is 6.43 Å². The number of rotatable bonds is 1. The molecule has 0 amide bonds. The first-order valence-corrected chi connectivity index (χ1v) is 4.06. The molecule has 0 radical (unpaired) electrons. The van der Waals surface area contributed by atoms with E-state index in [-0.39, 0.29) is 5.69 Å². The number of nitriles is 1. The summed E-state index contributed by atoms with van der Waals surface area (Å²) in [6, 6.07) is 3.21. The van der Waals surface area contributed by atoms with Gasteiger partial charge in [-0.15, -0.1) is 0 Å². The van der Waals surface area contributed by atoms with Gasteiger partial charge in [0.15, 0.2) is 0 Å². The largest absolute Gasteiger partial charge is 0.281 e.